The number of hydrogen-bond acceptors (Lipinski definition) is 5. The number of amides is 1. The van der Waals surface area contributed by atoms with Gasteiger partial charge >= 0.3 is 0 Å². The lowest BCUT2D eigenvalue weighted by atomic mass is 10.2. The number of benzene rings is 1. The lowest BCUT2D eigenvalue weighted by Crippen LogP contribution is -2.25. The highest BCUT2D eigenvalue weighted by Crippen LogP contribution is 2.16. The molecule has 1 amide bonds. The molecule has 0 fully saturated rings. The van der Waals surface area contributed by atoms with Crippen molar-refractivity contribution < 1.29 is 14.3 Å². The smallest absolute Gasteiger partial charge is 0.251 e. The van der Waals surface area contributed by atoms with Gasteiger partial charge < -0.3 is 14.8 Å². The van der Waals surface area contributed by atoms with Crippen molar-refractivity contribution in [1.29, 1.82) is 0 Å². The van der Waals surface area contributed by atoms with Crippen LogP contribution in [0.4, 0.5) is 0 Å². The first-order chi connectivity index (χ1) is 10.7. The molecule has 0 radical (unpaired) electrons. The Balaban J connectivity index is 1.80. The molecule has 1 aromatic heterocycles. The van der Waals surface area contributed by atoms with Crippen molar-refractivity contribution in [3.63, 3.8) is 0 Å². The van der Waals surface area contributed by atoms with Crippen LogP contribution >= 0.6 is 11.3 Å². The molecule has 0 unspecified atom stereocenters. The molecular formula is C16H20N2O3S. The Morgan fingerprint density at radius 2 is 2.09 bits per heavy atom. The molecule has 1 aromatic carbocycles. The maximum absolute atomic E-state index is 11.9. The van der Waals surface area contributed by atoms with Crippen LogP contribution in [-0.4, -0.2) is 31.2 Å². The largest absolute Gasteiger partial charge is 0.486 e. The summed E-state index contributed by atoms with van der Waals surface area (Å²) >= 11 is 1.58. The van der Waals surface area contributed by atoms with Crippen molar-refractivity contribution in [2.45, 2.75) is 20.0 Å². The second-order valence-corrected chi connectivity index (χ2v) is 5.74. The van der Waals surface area contributed by atoms with Gasteiger partial charge in [0.15, 0.2) is 0 Å². The first-order valence-electron chi connectivity index (χ1n) is 7.10. The summed E-state index contributed by atoms with van der Waals surface area (Å²) in [6.45, 7) is 3.65. The summed E-state index contributed by atoms with van der Waals surface area (Å²) in [5.41, 5.74) is 1.62. The molecule has 0 saturated carbocycles. The van der Waals surface area contributed by atoms with Gasteiger partial charge in [0.05, 0.1) is 0 Å². The second kappa shape index (κ2) is 8.51. The molecule has 2 rings (SSSR count). The standard InChI is InChI=1S/C16H20N2O3S/c1-12-11-22-15(18-12)10-21-14-6-4-13(5-7-14)16(19)17-8-3-9-20-2/h4-7,11H,3,8-10H2,1-2H3,(H,17,19). The zero-order valence-electron chi connectivity index (χ0n) is 12.8. The minimum absolute atomic E-state index is 0.0850. The predicted octanol–water partition coefficient (Wildman–Crippen LogP) is 2.80. The molecule has 0 saturated heterocycles. The van der Waals surface area contributed by atoms with Crippen LogP contribution < -0.4 is 10.1 Å². The van der Waals surface area contributed by atoms with Crippen LogP contribution in [0, 0.1) is 6.92 Å². The number of aryl methyl sites for hydroxylation is 1. The lowest BCUT2D eigenvalue weighted by molar-refractivity contribution is 0.0948. The number of nitrogens with one attached hydrogen (secondary N) is 1. The molecular weight excluding hydrogens is 300 g/mol. The van der Waals surface area contributed by atoms with Gasteiger partial charge in [0.2, 0.25) is 0 Å². The number of nitrogens with zero attached hydrogens (tertiary/aromatic N) is 1. The van der Waals surface area contributed by atoms with Crippen molar-refractivity contribution in [1.82, 2.24) is 10.3 Å². The minimum atomic E-state index is -0.0850. The monoisotopic (exact) mass is 320 g/mol. The van der Waals surface area contributed by atoms with E-state index in [-0.39, 0.29) is 5.91 Å². The molecule has 0 aliphatic heterocycles. The average molecular weight is 320 g/mol. The van der Waals surface area contributed by atoms with E-state index in [1.807, 2.05) is 12.3 Å². The topological polar surface area (TPSA) is 60.5 Å². The van der Waals surface area contributed by atoms with E-state index in [0.29, 0.717) is 25.3 Å². The molecule has 6 heteroatoms. The fourth-order valence-electron chi connectivity index (χ4n) is 1.84. The van der Waals surface area contributed by atoms with Crippen LogP contribution in [0.3, 0.4) is 0 Å². The summed E-state index contributed by atoms with van der Waals surface area (Å²) in [7, 11) is 1.65. The second-order valence-electron chi connectivity index (χ2n) is 4.80. The van der Waals surface area contributed by atoms with E-state index in [1.54, 1.807) is 42.7 Å². The Bertz CT molecular complexity index is 596. The van der Waals surface area contributed by atoms with Gasteiger partial charge in [0, 0.05) is 36.9 Å². The Hall–Kier alpha value is -1.92. The quantitative estimate of drug-likeness (QED) is 0.760. The molecule has 0 aliphatic carbocycles. The molecule has 5 nitrogen and oxygen atoms in total. The highest BCUT2D eigenvalue weighted by molar-refractivity contribution is 7.09. The van der Waals surface area contributed by atoms with Crippen LogP contribution in [0.5, 0.6) is 5.75 Å². The van der Waals surface area contributed by atoms with Crippen LogP contribution in [0.15, 0.2) is 29.6 Å². The molecule has 1 N–H and O–H groups in total. The van der Waals surface area contributed by atoms with E-state index in [2.05, 4.69) is 10.3 Å². The van der Waals surface area contributed by atoms with Crippen molar-refractivity contribution >= 4 is 17.2 Å². The van der Waals surface area contributed by atoms with Crippen molar-refractivity contribution in [3.8, 4) is 5.75 Å². The summed E-state index contributed by atoms with van der Waals surface area (Å²) < 4.78 is 10.6. The number of methoxy groups -OCH3 is 1. The summed E-state index contributed by atoms with van der Waals surface area (Å²) in [6, 6.07) is 7.11. The predicted molar refractivity (Wildman–Crippen MR) is 86.5 cm³/mol. The Morgan fingerprint density at radius 1 is 1.32 bits per heavy atom. The van der Waals surface area contributed by atoms with Crippen molar-refractivity contribution in [2.24, 2.45) is 0 Å². The number of thiazole rings is 1. The number of carbonyl (C=O) groups is 1. The van der Waals surface area contributed by atoms with Gasteiger partial charge in [0.25, 0.3) is 5.91 Å². The van der Waals surface area contributed by atoms with E-state index in [4.69, 9.17) is 9.47 Å². The van der Waals surface area contributed by atoms with Crippen LogP contribution in [0.1, 0.15) is 27.5 Å². The number of hydrogen-bond donors (Lipinski definition) is 1. The number of rotatable bonds is 8. The molecule has 118 valence electrons. The molecule has 0 atom stereocenters. The summed E-state index contributed by atoms with van der Waals surface area (Å²) in [5.74, 6) is 0.641. The maximum atomic E-state index is 11.9. The molecule has 0 spiro atoms. The van der Waals surface area contributed by atoms with Gasteiger partial charge in [-0.15, -0.1) is 11.3 Å². The zero-order chi connectivity index (χ0) is 15.8. The molecule has 0 bridgehead atoms. The SMILES string of the molecule is COCCCNC(=O)c1ccc(OCc2nc(C)cs2)cc1. The summed E-state index contributed by atoms with van der Waals surface area (Å²) in [6.07, 6.45) is 0.802. The highest BCUT2D eigenvalue weighted by atomic mass is 32.1. The average Bonchev–Trinajstić information content (AvgIpc) is 2.95. The fourth-order valence-corrected chi connectivity index (χ4v) is 2.52. The number of carbonyl (C=O) groups excluding carboxylic acids is 1. The molecule has 0 aliphatic rings. The van der Waals surface area contributed by atoms with Gasteiger partial charge in [-0.05, 0) is 37.6 Å². The molecule has 2 aromatic rings. The van der Waals surface area contributed by atoms with Crippen LogP contribution in [0.25, 0.3) is 0 Å². The maximum Gasteiger partial charge on any atom is 0.251 e. The number of aromatic nitrogens is 1. The Morgan fingerprint density at radius 3 is 2.73 bits per heavy atom. The third-order valence-corrected chi connectivity index (χ3v) is 3.90. The van der Waals surface area contributed by atoms with Gasteiger partial charge in [-0.25, -0.2) is 4.98 Å². The van der Waals surface area contributed by atoms with Crippen molar-refractivity contribution in [2.75, 3.05) is 20.3 Å². The third kappa shape index (κ3) is 5.13. The van der Waals surface area contributed by atoms with Gasteiger partial charge in [-0.2, -0.15) is 0 Å². The van der Waals surface area contributed by atoms with Gasteiger partial charge in [-0.1, -0.05) is 0 Å². The third-order valence-electron chi connectivity index (χ3n) is 2.96. The van der Waals surface area contributed by atoms with E-state index >= 15 is 0 Å². The number of ether oxygens (including phenoxy) is 2. The van der Waals surface area contributed by atoms with Crippen molar-refractivity contribution in [3.05, 3.63) is 45.9 Å². The van der Waals surface area contributed by atoms with E-state index in [9.17, 15) is 4.79 Å². The van der Waals surface area contributed by atoms with Crippen LogP contribution in [-0.2, 0) is 11.3 Å². The molecule has 22 heavy (non-hydrogen) atoms. The first-order valence-corrected chi connectivity index (χ1v) is 7.98. The van der Waals surface area contributed by atoms with Gasteiger partial charge in [0.1, 0.15) is 17.4 Å². The Kier molecular flexibility index (Phi) is 6.36. The van der Waals surface area contributed by atoms with Gasteiger partial charge in [-0.3, -0.25) is 4.79 Å². The summed E-state index contributed by atoms with van der Waals surface area (Å²) in [4.78, 5) is 16.2. The Labute approximate surface area is 134 Å². The minimum Gasteiger partial charge on any atom is -0.486 e. The normalized spacial score (nSPS) is 10.5. The fraction of sp³-hybridized carbons (Fsp3) is 0.375. The van der Waals surface area contributed by atoms with E-state index < -0.39 is 0 Å². The van der Waals surface area contributed by atoms with E-state index in [1.165, 1.54) is 0 Å². The zero-order valence-corrected chi connectivity index (χ0v) is 13.6. The molecule has 1 heterocycles. The first kappa shape index (κ1) is 16.5. The highest BCUT2D eigenvalue weighted by Gasteiger charge is 2.05. The van der Waals surface area contributed by atoms with Crippen LogP contribution in [0.2, 0.25) is 0 Å². The lowest BCUT2D eigenvalue weighted by Gasteiger charge is -2.07. The summed E-state index contributed by atoms with van der Waals surface area (Å²) in [5, 5.41) is 5.78. The van der Waals surface area contributed by atoms with E-state index in [0.717, 1.165) is 22.9 Å².